The molecule has 13 heavy (non-hydrogen) atoms. The maximum atomic E-state index is 10.2. The van der Waals surface area contributed by atoms with Crippen LogP contribution in [0.2, 0.25) is 0 Å². The van der Waals surface area contributed by atoms with Crippen molar-refractivity contribution in [1.82, 2.24) is 0 Å². The lowest BCUT2D eigenvalue weighted by Crippen LogP contribution is -1.89. The summed E-state index contributed by atoms with van der Waals surface area (Å²) < 4.78 is 5.23. The van der Waals surface area contributed by atoms with Crippen LogP contribution in [0.3, 0.4) is 0 Å². The van der Waals surface area contributed by atoms with Crippen LogP contribution in [0.4, 0.5) is 0 Å². The molecule has 3 nitrogen and oxygen atoms in total. The van der Waals surface area contributed by atoms with E-state index in [-0.39, 0.29) is 0 Å². The van der Waals surface area contributed by atoms with Gasteiger partial charge in [-0.25, -0.2) is 0 Å². The second-order valence-electron chi connectivity index (χ2n) is 2.96. The number of hydrogen-bond acceptors (Lipinski definition) is 3. The number of benzene rings is 1. The molecule has 1 aliphatic rings. The van der Waals surface area contributed by atoms with Gasteiger partial charge in [0.15, 0.2) is 5.50 Å². The zero-order valence-electron chi connectivity index (χ0n) is 6.87. The van der Waals surface area contributed by atoms with Crippen LogP contribution in [0.5, 0.6) is 0 Å². The van der Waals surface area contributed by atoms with Crippen molar-refractivity contribution in [1.29, 1.82) is 0 Å². The summed E-state index contributed by atoms with van der Waals surface area (Å²) in [4.78, 5) is 10.2. The third kappa shape index (κ3) is 1.57. The molecule has 0 bridgehead atoms. The Morgan fingerprint density at radius 3 is 2.92 bits per heavy atom. The van der Waals surface area contributed by atoms with Gasteiger partial charge >= 0.3 is 0 Å². The van der Waals surface area contributed by atoms with Gasteiger partial charge in [-0.05, 0) is 27.9 Å². The Labute approximate surface area is 80.6 Å². The van der Waals surface area contributed by atoms with Crippen molar-refractivity contribution < 1.29 is 4.74 Å². The van der Waals surface area contributed by atoms with E-state index >= 15 is 0 Å². The zero-order valence-corrected chi connectivity index (χ0v) is 7.62. The molecule has 68 valence electrons. The van der Waals surface area contributed by atoms with Crippen LogP contribution < -0.4 is 0 Å². The summed E-state index contributed by atoms with van der Waals surface area (Å²) in [5.41, 5.74) is 2.22. The quantitative estimate of drug-likeness (QED) is 0.415. The van der Waals surface area contributed by atoms with Crippen molar-refractivity contribution in [3.05, 3.63) is 39.8 Å². The van der Waals surface area contributed by atoms with E-state index in [1.807, 2.05) is 18.2 Å². The van der Waals surface area contributed by atoms with E-state index in [1.165, 1.54) is 5.56 Å². The van der Waals surface area contributed by atoms with E-state index < -0.39 is 5.50 Å². The van der Waals surface area contributed by atoms with Crippen LogP contribution in [0.25, 0.3) is 0 Å². The van der Waals surface area contributed by atoms with Gasteiger partial charge in [-0.1, -0.05) is 23.7 Å². The van der Waals surface area contributed by atoms with Crippen LogP contribution in [-0.4, -0.2) is 0 Å². The summed E-state index contributed by atoms with van der Waals surface area (Å²) in [6.45, 7) is 1.25. The highest BCUT2D eigenvalue weighted by Crippen LogP contribution is 2.27. The van der Waals surface area contributed by atoms with Crippen LogP contribution in [0.1, 0.15) is 22.2 Å². The number of rotatable bonds is 2. The third-order valence-corrected chi connectivity index (χ3v) is 2.44. The first-order valence-corrected chi connectivity index (χ1v) is 4.41. The van der Waals surface area contributed by atoms with Gasteiger partial charge in [0.1, 0.15) is 0 Å². The summed E-state index contributed by atoms with van der Waals surface area (Å²) in [5.74, 6) is 0. The van der Waals surface area contributed by atoms with Crippen molar-refractivity contribution in [2.24, 2.45) is 5.18 Å². The van der Waals surface area contributed by atoms with Gasteiger partial charge in [0, 0.05) is 0 Å². The van der Waals surface area contributed by atoms with E-state index in [0.29, 0.717) is 13.2 Å². The van der Waals surface area contributed by atoms with Gasteiger partial charge in [-0.3, -0.25) is 0 Å². The molecule has 0 saturated carbocycles. The van der Waals surface area contributed by atoms with Crippen LogP contribution in [0.15, 0.2) is 23.4 Å². The zero-order chi connectivity index (χ0) is 9.26. The Bertz CT molecular complexity index is 340. The summed E-state index contributed by atoms with van der Waals surface area (Å²) in [6.07, 6.45) is 0. The summed E-state index contributed by atoms with van der Waals surface area (Å²) in [6, 6.07) is 5.62. The molecule has 2 rings (SSSR count). The second-order valence-corrected chi connectivity index (χ2v) is 3.38. The molecule has 0 aromatic heterocycles. The number of alkyl halides is 1. The van der Waals surface area contributed by atoms with Gasteiger partial charge < -0.3 is 4.74 Å². The van der Waals surface area contributed by atoms with Gasteiger partial charge in [-0.15, -0.1) is 4.91 Å². The van der Waals surface area contributed by atoms with Crippen molar-refractivity contribution in [2.45, 2.75) is 18.7 Å². The van der Waals surface area contributed by atoms with Crippen molar-refractivity contribution in [3.63, 3.8) is 0 Å². The molecule has 0 N–H and O–H groups in total. The molecule has 1 aromatic rings. The molecule has 1 aromatic carbocycles. The monoisotopic (exact) mass is 197 g/mol. The summed E-state index contributed by atoms with van der Waals surface area (Å²) in [5, 5.41) is 2.76. The molecule has 0 spiro atoms. The lowest BCUT2D eigenvalue weighted by molar-refractivity contribution is 0.134. The van der Waals surface area contributed by atoms with Crippen molar-refractivity contribution >= 4 is 11.6 Å². The normalized spacial score (nSPS) is 16.7. The Hall–Kier alpha value is -0.930. The molecule has 0 aliphatic carbocycles. The van der Waals surface area contributed by atoms with Crippen LogP contribution in [0, 0.1) is 4.91 Å². The molecular formula is C9H8ClNO2. The molecule has 0 fully saturated rings. The minimum Gasteiger partial charge on any atom is -0.372 e. The number of hydrogen-bond donors (Lipinski definition) is 0. The second kappa shape index (κ2) is 3.44. The standard InChI is InChI=1S/C9H8ClNO2/c10-9(11-12)6-1-2-7-4-13-5-8(7)3-6/h1-3,9H,4-5H2. The molecule has 1 heterocycles. The summed E-state index contributed by atoms with van der Waals surface area (Å²) in [7, 11) is 0. The van der Waals surface area contributed by atoms with Crippen molar-refractivity contribution in [3.8, 4) is 0 Å². The molecule has 0 radical (unpaired) electrons. The molecular weight excluding hydrogens is 190 g/mol. The Kier molecular flexibility index (Phi) is 2.29. The molecule has 1 aliphatic heterocycles. The first-order chi connectivity index (χ1) is 6.31. The van der Waals surface area contributed by atoms with E-state index in [4.69, 9.17) is 16.3 Å². The number of ether oxygens (including phenoxy) is 1. The van der Waals surface area contributed by atoms with Gasteiger partial charge in [0.2, 0.25) is 0 Å². The Balaban J connectivity index is 2.35. The average molecular weight is 198 g/mol. The van der Waals surface area contributed by atoms with Crippen LogP contribution in [-0.2, 0) is 18.0 Å². The lowest BCUT2D eigenvalue weighted by atomic mass is 10.1. The van der Waals surface area contributed by atoms with E-state index in [2.05, 4.69) is 5.18 Å². The Morgan fingerprint density at radius 1 is 1.38 bits per heavy atom. The topological polar surface area (TPSA) is 38.7 Å². The highest BCUT2D eigenvalue weighted by atomic mass is 35.5. The van der Waals surface area contributed by atoms with Gasteiger partial charge in [0.05, 0.1) is 13.2 Å². The minimum atomic E-state index is -0.786. The van der Waals surface area contributed by atoms with E-state index in [9.17, 15) is 4.91 Å². The molecule has 0 saturated heterocycles. The highest BCUT2D eigenvalue weighted by Gasteiger charge is 2.14. The van der Waals surface area contributed by atoms with Crippen molar-refractivity contribution in [2.75, 3.05) is 0 Å². The average Bonchev–Trinajstić information content (AvgIpc) is 2.63. The predicted molar refractivity (Wildman–Crippen MR) is 49.3 cm³/mol. The smallest absolute Gasteiger partial charge is 0.190 e. The predicted octanol–water partition coefficient (Wildman–Crippen LogP) is 2.72. The van der Waals surface area contributed by atoms with E-state index in [1.54, 1.807) is 0 Å². The van der Waals surface area contributed by atoms with E-state index in [0.717, 1.165) is 11.1 Å². The largest absolute Gasteiger partial charge is 0.372 e. The van der Waals surface area contributed by atoms with Crippen LogP contribution >= 0.6 is 11.6 Å². The fourth-order valence-corrected chi connectivity index (χ4v) is 1.54. The third-order valence-electron chi connectivity index (χ3n) is 2.11. The lowest BCUT2D eigenvalue weighted by Gasteiger charge is -2.02. The fourth-order valence-electron chi connectivity index (χ4n) is 1.40. The number of nitrogens with zero attached hydrogens (tertiary/aromatic N) is 1. The van der Waals surface area contributed by atoms with Gasteiger partial charge in [-0.2, -0.15) is 0 Å². The SMILES string of the molecule is O=NC(Cl)c1ccc2c(c1)COC2. The molecule has 1 atom stereocenters. The molecule has 0 amide bonds. The molecule has 1 unspecified atom stereocenters. The minimum absolute atomic E-state index is 0.603. The fraction of sp³-hybridized carbons (Fsp3) is 0.333. The summed E-state index contributed by atoms with van der Waals surface area (Å²) >= 11 is 5.67. The number of halogens is 1. The Morgan fingerprint density at radius 2 is 2.15 bits per heavy atom. The highest BCUT2D eigenvalue weighted by molar-refractivity contribution is 6.20. The first-order valence-electron chi connectivity index (χ1n) is 3.97. The number of fused-ring (bicyclic) bond motifs is 1. The first kappa shape index (κ1) is 8.66. The molecule has 4 heteroatoms. The number of nitroso groups, excluding NO2 is 1. The maximum absolute atomic E-state index is 10.2. The maximum Gasteiger partial charge on any atom is 0.190 e. The van der Waals surface area contributed by atoms with Gasteiger partial charge in [0.25, 0.3) is 0 Å².